The highest BCUT2D eigenvalue weighted by atomic mass is 32.2. The topological polar surface area (TPSA) is 78.5 Å². The number of aryl methyl sites for hydroxylation is 1. The van der Waals surface area contributed by atoms with Crippen LogP contribution in [0.1, 0.15) is 30.0 Å². The molecule has 6 nitrogen and oxygen atoms in total. The second kappa shape index (κ2) is 7.60. The van der Waals surface area contributed by atoms with E-state index in [0.29, 0.717) is 30.8 Å². The summed E-state index contributed by atoms with van der Waals surface area (Å²) in [6.45, 7) is 6.25. The Hall–Kier alpha value is -2.54. The fourth-order valence-corrected chi connectivity index (χ4v) is 4.83. The van der Waals surface area contributed by atoms with E-state index in [2.05, 4.69) is 10.6 Å². The van der Waals surface area contributed by atoms with Crippen LogP contribution in [-0.2, 0) is 16.4 Å². The second-order valence-electron chi connectivity index (χ2n) is 6.81. The summed E-state index contributed by atoms with van der Waals surface area (Å²) in [7, 11) is -3.32. The standard InChI is InChI=1S/C20H25N3O3S/c1-4-12-27(25,26)23-11-10-16-8-9-17(13-19(16)23)21-20(24)22-18-7-5-6-14(2)15(18)3/h5-9,13H,4,10-12H2,1-3H3,(H2,21,22,24). The van der Waals surface area contributed by atoms with Crippen molar-refractivity contribution in [2.45, 2.75) is 33.6 Å². The van der Waals surface area contributed by atoms with Crippen molar-refractivity contribution in [3.63, 3.8) is 0 Å². The fraction of sp³-hybridized carbons (Fsp3) is 0.350. The van der Waals surface area contributed by atoms with Crippen LogP contribution in [0.5, 0.6) is 0 Å². The van der Waals surface area contributed by atoms with Crippen molar-refractivity contribution in [3.8, 4) is 0 Å². The Balaban J connectivity index is 1.77. The minimum absolute atomic E-state index is 0.122. The van der Waals surface area contributed by atoms with Gasteiger partial charge in [-0.15, -0.1) is 0 Å². The molecule has 2 amide bonds. The molecule has 0 fully saturated rings. The van der Waals surface area contributed by atoms with E-state index in [4.69, 9.17) is 0 Å². The van der Waals surface area contributed by atoms with Crippen LogP contribution >= 0.6 is 0 Å². The van der Waals surface area contributed by atoms with Gasteiger partial charge in [0, 0.05) is 17.9 Å². The summed E-state index contributed by atoms with van der Waals surface area (Å²) in [5.41, 5.74) is 5.07. The van der Waals surface area contributed by atoms with Crippen LogP contribution in [0.3, 0.4) is 0 Å². The average Bonchev–Trinajstić information content (AvgIpc) is 3.03. The molecule has 3 rings (SSSR count). The summed E-state index contributed by atoms with van der Waals surface area (Å²) in [4.78, 5) is 12.4. The third kappa shape index (κ3) is 4.08. The molecule has 7 heteroatoms. The van der Waals surface area contributed by atoms with Crippen LogP contribution in [0.15, 0.2) is 36.4 Å². The van der Waals surface area contributed by atoms with Gasteiger partial charge in [-0.3, -0.25) is 4.31 Å². The maximum Gasteiger partial charge on any atom is 0.323 e. The van der Waals surface area contributed by atoms with Gasteiger partial charge in [0.05, 0.1) is 11.4 Å². The maximum absolute atomic E-state index is 12.5. The summed E-state index contributed by atoms with van der Waals surface area (Å²) in [6, 6.07) is 10.8. The molecule has 0 bridgehead atoms. The third-order valence-corrected chi connectivity index (χ3v) is 6.82. The Kier molecular flexibility index (Phi) is 5.41. The first-order valence-electron chi connectivity index (χ1n) is 9.09. The first-order chi connectivity index (χ1) is 12.8. The van der Waals surface area contributed by atoms with Crippen LogP contribution in [0.4, 0.5) is 21.9 Å². The molecule has 1 heterocycles. The van der Waals surface area contributed by atoms with Gasteiger partial charge in [0.15, 0.2) is 0 Å². The van der Waals surface area contributed by atoms with E-state index >= 15 is 0 Å². The summed E-state index contributed by atoms with van der Waals surface area (Å²) in [5.74, 6) is 0.122. The van der Waals surface area contributed by atoms with E-state index in [1.807, 2.05) is 45.0 Å². The molecule has 2 aromatic carbocycles. The Morgan fingerprint density at radius 2 is 1.93 bits per heavy atom. The predicted octanol–water partition coefficient (Wildman–Crippen LogP) is 4.05. The van der Waals surface area contributed by atoms with Gasteiger partial charge in [0.25, 0.3) is 0 Å². The number of carbonyl (C=O) groups is 1. The normalized spacial score (nSPS) is 13.4. The number of amides is 2. The number of sulfonamides is 1. The lowest BCUT2D eigenvalue weighted by atomic mass is 10.1. The van der Waals surface area contributed by atoms with Crippen molar-refractivity contribution in [2.75, 3.05) is 27.2 Å². The van der Waals surface area contributed by atoms with Crippen molar-refractivity contribution in [2.24, 2.45) is 0 Å². The van der Waals surface area contributed by atoms with Crippen molar-refractivity contribution < 1.29 is 13.2 Å². The molecule has 27 heavy (non-hydrogen) atoms. The van der Waals surface area contributed by atoms with Crippen LogP contribution < -0.4 is 14.9 Å². The zero-order valence-corrected chi connectivity index (χ0v) is 16.7. The van der Waals surface area contributed by atoms with Gasteiger partial charge in [0.2, 0.25) is 10.0 Å². The van der Waals surface area contributed by atoms with E-state index in [1.165, 1.54) is 4.31 Å². The first-order valence-corrected chi connectivity index (χ1v) is 10.7. The Labute approximate surface area is 160 Å². The summed E-state index contributed by atoms with van der Waals surface area (Å²) in [6.07, 6.45) is 1.26. The molecule has 0 aliphatic carbocycles. The zero-order chi connectivity index (χ0) is 19.6. The van der Waals surface area contributed by atoms with Crippen molar-refractivity contribution in [1.82, 2.24) is 0 Å². The number of hydrogen-bond donors (Lipinski definition) is 2. The van der Waals surface area contributed by atoms with Crippen molar-refractivity contribution >= 4 is 33.1 Å². The zero-order valence-electron chi connectivity index (χ0n) is 15.9. The maximum atomic E-state index is 12.5. The van der Waals surface area contributed by atoms with Crippen molar-refractivity contribution in [3.05, 3.63) is 53.1 Å². The lowest BCUT2D eigenvalue weighted by Gasteiger charge is -2.20. The molecule has 1 aliphatic rings. The molecule has 0 unspecified atom stereocenters. The number of hydrogen-bond acceptors (Lipinski definition) is 3. The molecule has 144 valence electrons. The fourth-order valence-electron chi connectivity index (χ4n) is 3.26. The molecule has 0 radical (unpaired) electrons. The highest BCUT2D eigenvalue weighted by Gasteiger charge is 2.29. The summed E-state index contributed by atoms with van der Waals surface area (Å²) >= 11 is 0. The Bertz CT molecular complexity index is 970. The van der Waals surface area contributed by atoms with E-state index < -0.39 is 10.0 Å². The van der Waals surface area contributed by atoms with Crippen LogP contribution in [0.2, 0.25) is 0 Å². The Morgan fingerprint density at radius 3 is 2.67 bits per heavy atom. The highest BCUT2D eigenvalue weighted by Crippen LogP contribution is 2.33. The molecule has 0 aromatic heterocycles. The molecule has 2 aromatic rings. The Morgan fingerprint density at radius 1 is 1.15 bits per heavy atom. The molecular formula is C20H25N3O3S. The van der Waals surface area contributed by atoms with Gasteiger partial charge in [-0.05, 0) is 61.6 Å². The smallest absolute Gasteiger partial charge is 0.308 e. The molecule has 0 atom stereocenters. The van der Waals surface area contributed by atoms with E-state index in [-0.39, 0.29) is 11.8 Å². The molecule has 2 N–H and O–H groups in total. The van der Waals surface area contributed by atoms with Gasteiger partial charge < -0.3 is 10.6 Å². The predicted molar refractivity (Wildman–Crippen MR) is 110 cm³/mol. The molecular weight excluding hydrogens is 362 g/mol. The van der Waals surface area contributed by atoms with Gasteiger partial charge >= 0.3 is 6.03 Å². The quantitative estimate of drug-likeness (QED) is 0.812. The van der Waals surface area contributed by atoms with Crippen LogP contribution in [0.25, 0.3) is 0 Å². The van der Waals surface area contributed by atoms with Gasteiger partial charge in [-0.25, -0.2) is 13.2 Å². The average molecular weight is 388 g/mol. The second-order valence-corrected chi connectivity index (χ2v) is 8.82. The lowest BCUT2D eigenvalue weighted by molar-refractivity contribution is 0.262. The van der Waals surface area contributed by atoms with E-state index in [1.54, 1.807) is 12.1 Å². The van der Waals surface area contributed by atoms with Crippen LogP contribution in [0, 0.1) is 13.8 Å². The van der Waals surface area contributed by atoms with Crippen LogP contribution in [-0.4, -0.2) is 26.7 Å². The van der Waals surface area contributed by atoms with E-state index in [9.17, 15) is 13.2 Å². The number of urea groups is 1. The number of fused-ring (bicyclic) bond motifs is 1. The summed E-state index contributed by atoms with van der Waals surface area (Å²) in [5, 5.41) is 5.65. The number of rotatable bonds is 5. The third-order valence-electron chi connectivity index (χ3n) is 4.85. The minimum atomic E-state index is -3.32. The SMILES string of the molecule is CCCS(=O)(=O)N1CCc2ccc(NC(=O)Nc3cccc(C)c3C)cc21. The van der Waals surface area contributed by atoms with Gasteiger partial charge in [-0.2, -0.15) is 0 Å². The molecule has 0 saturated heterocycles. The van der Waals surface area contributed by atoms with Gasteiger partial charge in [0.1, 0.15) is 0 Å². The largest absolute Gasteiger partial charge is 0.323 e. The number of anilines is 3. The monoisotopic (exact) mass is 387 g/mol. The number of nitrogens with zero attached hydrogens (tertiary/aromatic N) is 1. The molecule has 0 saturated carbocycles. The summed E-state index contributed by atoms with van der Waals surface area (Å²) < 4.78 is 26.4. The first kappa shape index (κ1) is 19.2. The molecule has 0 spiro atoms. The van der Waals surface area contributed by atoms with Gasteiger partial charge in [-0.1, -0.05) is 25.1 Å². The number of benzene rings is 2. The number of carbonyl (C=O) groups excluding carboxylic acids is 1. The minimum Gasteiger partial charge on any atom is -0.308 e. The highest BCUT2D eigenvalue weighted by molar-refractivity contribution is 7.92. The lowest BCUT2D eigenvalue weighted by Crippen LogP contribution is -2.31. The van der Waals surface area contributed by atoms with E-state index in [0.717, 1.165) is 22.4 Å². The molecule has 1 aliphatic heterocycles. The van der Waals surface area contributed by atoms with Crippen molar-refractivity contribution in [1.29, 1.82) is 0 Å². The number of nitrogens with one attached hydrogen (secondary N) is 2.